The molecule has 0 aromatic carbocycles. The molecule has 1 heterocycles. The monoisotopic (exact) mass is 259 g/mol. The molecule has 1 saturated carbocycles. The van der Waals surface area contributed by atoms with Gasteiger partial charge in [-0.25, -0.2) is 0 Å². The lowest BCUT2D eigenvalue weighted by molar-refractivity contribution is 0.126. The zero-order valence-electron chi connectivity index (χ0n) is 11.0. The van der Waals surface area contributed by atoms with Crippen molar-refractivity contribution in [3.8, 4) is 0 Å². The van der Waals surface area contributed by atoms with Crippen molar-refractivity contribution in [2.45, 2.75) is 68.6 Å². The Morgan fingerprint density at radius 2 is 2.12 bits per heavy atom. The van der Waals surface area contributed by atoms with Gasteiger partial charge in [-0.1, -0.05) is 13.3 Å². The van der Waals surface area contributed by atoms with Crippen LogP contribution in [0.2, 0.25) is 0 Å². The largest absolute Gasteiger partial charge is 0.377 e. The molecule has 2 aliphatic rings. The standard InChI is InChI=1S/C13H25NO2S/c1-3-8-14-11-5-4-6-13(11)17(15)12-7-9-16-10(12)2/h10-14H,3-9H2,1-2H3. The van der Waals surface area contributed by atoms with E-state index in [-0.39, 0.29) is 11.4 Å². The van der Waals surface area contributed by atoms with E-state index in [9.17, 15) is 4.21 Å². The zero-order chi connectivity index (χ0) is 12.3. The molecule has 5 atom stereocenters. The molecule has 2 fully saturated rings. The maximum Gasteiger partial charge on any atom is 0.0691 e. The quantitative estimate of drug-likeness (QED) is 0.818. The van der Waals surface area contributed by atoms with Crippen molar-refractivity contribution >= 4 is 10.8 Å². The van der Waals surface area contributed by atoms with Crippen LogP contribution in [-0.2, 0) is 15.5 Å². The highest BCUT2D eigenvalue weighted by Gasteiger charge is 2.39. The maximum atomic E-state index is 12.6. The summed E-state index contributed by atoms with van der Waals surface area (Å²) in [6.45, 7) is 6.09. The van der Waals surface area contributed by atoms with Gasteiger partial charge >= 0.3 is 0 Å². The highest BCUT2D eigenvalue weighted by atomic mass is 32.2. The van der Waals surface area contributed by atoms with Crippen molar-refractivity contribution in [3.05, 3.63) is 0 Å². The zero-order valence-corrected chi connectivity index (χ0v) is 11.8. The Bertz CT molecular complexity index is 272. The Kier molecular flexibility index (Phi) is 5.00. The van der Waals surface area contributed by atoms with E-state index in [1.54, 1.807) is 0 Å². The third kappa shape index (κ3) is 3.09. The molecule has 5 unspecified atom stereocenters. The molecule has 0 spiro atoms. The minimum absolute atomic E-state index is 0.184. The van der Waals surface area contributed by atoms with Crippen LogP contribution in [0.5, 0.6) is 0 Å². The summed E-state index contributed by atoms with van der Waals surface area (Å²) in [5.74, 6) is 0. The summed E-state index contributed by atoms with van der Waals surface area (Å²) >= 11 is 0. The topological polar surface area (TPSA) is 38.3 Å². The molecular formula is C13H25NO2S. The van der Waals surface area contributed by atoms with Gasteiger partial charge in [0.05, 0.1) is 16.6 Å². The van der Waals surface area contributed by atoms with Crippen LogP contribution in [-0.4, -0.2) is 40.0 Å². The molecule has 1 N–H and O–H groups in total. The summed E-state index contributed by atoms with van der Waals surface area (Å²) in [4.78, 5) is 0. The normalized spacial score (nSPS) is 39.6. The van der Waals surface area contributed by atoms with Gasteiger partial charge in [-0.2, -0.15) is 0 Å². The highest BCUT2D eigenvalue weighted by Crippen LogP contribution is 2.30. The first-order valence-electron chi connectivity index (χ1n) is 6.98. The van der Waals surface area contributed by atoms with Crippen molar-refractivity contribution in [3.63, 3.8) is 0 Å². The second-order valence-corrected chi connectivity index (χ2v) is 7.13. The fourth-order valence-electron chi connectivity index (χ4n) is 3.01. The Labute approximate surface area is 107 Å². The van der Waals surface area contributed by atoms with Crippen molar-refractivity contribution in [1.29, 1.82) is 0 Å². The summed E-state index contributed by atoms with van der Waals surface area (Å²) in [6.07, 6.45) is 5.85. The summed E-state index contributed by atoms with van der Waals surface area (Å²) in [5.41, 5.74) is 0. The number of hydrogen-bond donors (Lipinski definition) is 1. The minimum Gasteiger partial charge on any atom is -0.377 e. The fraction of sp³-hybridized carbons (Fsp3) is 1.00. The Morgan fingerprint density at radius 3 is 2.76 bits per heavy atom. The van der Waals surface area contributed by atoms with Crippen molar-refractivity contribution in [2.24, 2.45) is 0 Å². The molecule has 1 aliphatic carbocycles. The van der Waals surface area contributed by atoms with Gasteiger partial charge in [0.2, 0.25) is 0 Å². The predicted octanol–water partition coefficient (Wildman–Crippen LogP) is 1.83. The first-order chi connectivity index (χ1) is 8.24. The van der Waals surface area contributed by atoms with E-state index in [0.29, 0.717) is 11.3 Å². The minimum atomic E-state index is -0.722. The lowest BCUT2D eigenvalue weighted by Gasteiger charge is -2.24. The predicted molar refractivity (Wildman–Crippen MR) is 71.7 cm³/mol. The molecule has 1 saturated heterocycles. The molecule has 0 radical (unpaired) electrons. The van der Waals surface area contributed by atoms with E-state index in [0.717, 1.165) is 32.4 Å². The number of ether oxygens (including phenoxy) is 1. The van der Waals surface area contributed by atoms with Crippen LogP contribution in [0.15, 0.2) is 0 Å². The van der Waals surface area contributed by atoms with E-state index >= 15 is 0 Å². The van der Waals surface area contributed by atoms with Crippen LogP contribution in [0.3, 0.4) is 0 Å². The van der Waals surface area contributed by atoms with Crippen LogP contribution in [0, 0.1) is 0 Å². The first kappa shape index (κ1) is 13.5. The smallest absolute Gasteiger partial charge is 0.0691 e. The van der Waals surface area contributed by atoms with Gasteiger partial charge in [0.15, 0.2) is 0 Å². The van der Waals surface area contributed by atoms with Gasteiger partial charge < -0.3 is 10.1 Å². The fourth-order valence-corrected chi connectivity index (χ4v) is 5.20. The third-order valence-corrected chi connectivity index (χ3v) is 6.39. The molecule has 1 aliphatic heterocycles. The van der Waals surface area contributed by atoms with E-state index in [1.807, 2.05) is 0 Å². The number of hydrogen-bond acceptors (Lipinski definition) is 3. The number of nitrogens with one attached hydrogen (secondary N) is 1. The van der Waals surface area contributed by atoms with Crippen LogP contribution in [0.1, 0.15) is 46.0 Å². The Hall–Kier alpha value is 0.0700. The average molecular weight is 259 g/mol. The van der Waals surface area contributed by atoms with Crippen molar-refractivity contribution in [1.82, 2.24) is 5.32 Å². The van der Waals surface area contributed by atoms with Crippen LogP contribution in [0.4, 0.5) is 0 Å². The van der Waals surface area contributed by atoms with E-state index in [2.05, 4.69) is 19.2 Å². The lowest BCUT2D eigenvalue weighted by atomic mass is 10.2. The van der Waals surface area contributed by atoms with E-state index in [1.165, 1.54) is 12.8 Å². The maximum absolute atomic E-state index is 12.6. The summed E-state index contributed by atoms with van der Waals surface area (Å²) in [6, 6.07) is 0.476. The molecule has 0 aromatic rings. The van der Waals surface area contributed by atoms with E-state index < -0.39 is 10.8 Å². The first-order valence-corrected chi connectivity index (χ1v) is 8.26. The van der Waals surface area contributed by atoms with Gasteiger partial charge in [-0.05, 0) is 39.2 Å². The highest BCUT2D eigenvalue weighted by molar-refractivity contribution is 7.86. The van der Waals surface area contributed by atoms with Gasteiger partial charge in [0.1, 0.15) is 0 Å². The Balaban J connectivity index is 1.93. The molecule has 4 heteroatoms. The summed E-state index contributed by atoms with van der Waals surface area (Å²) < 4.78 is 18.2. The molecule has 3 nitrogen and oxygen atoms in total. The average Bonchev–Trinajstić information content (AvgIpc) is 2.94. The molecule has 0 bridgehead atoms. The second-order valence-electron chi connectivity index (χ2n) is 5.26. The van der Waals surface area contributed by atoms with E-state index in [4.69, 9.17) is 4.74 Å². The SMILES string of the molecule is CCCNC1CCCC1S(=O)C1CCOC1C. The third-order valence-electron chi connectivity index (χ3n) is 4.01. The van der Waals surface area contributed by atoms with Gasteiger partial charge in [0.25, 0.3) is 0 Å². The molecule has 0 aromatic heterocycles. The van der Waals surface area contributed by atoms with Gasteiger partial charge in [-0.3, -0.25) is 4.21 Å². The number of rotatable bonds is 5. The van der Waals surface area contributed by atoms with Crippen LogP contribution >= 0.6 is 0 Å². The second kappa shape index (κ2) is 6.30. The van der Waals surface area contributed by atoms with Gasteiger partial charge in [0, 0.05) is 23.4 Å². The van der Waals surface area contributed by atoms with Crippen LogP contribution in [0.25, 0.3) is 0 Å². The van der Waals surface area contributed by atoms with Crippen molar-refractivity contribution < 1.29 is 8.95 Å². The lowest BCUT2D eigenvalue weighted by Crippen LogP contribution is -2.42. The molecule has 0 amide bonds. The Morgan fingerprint density at radius 1 is 1.29 bits per heavy atom. The molecular weight excluding hydrogens is 234 g/mol. The van der Waals surface area contributed by atoms with Crippen LogP contribution < -0.4 is 5.32 Å². The summed E-state index contributed by atoms with van der Waals surface area (Å²) in [7, 11) is -0.722. The van der Waals surface area contributed by atoms with Gasteiger partial charge in [-0.15, -0.1) is 0 Å². The van der Waals surface area contributed by atoms with Crippen molar-refractivity contribution in [2.75, 3.05) is 13.2 Å². The summed E-state index contributed by atoms with van der Waals surface area (Å²) in [5, 5.41) is 4.19. The molecule has 100 valence electrons. The molecule has 2 rings (SSSR count). The molecule has 17 heavy (non-hydrogen) atoms.